The molecule has 1 saturated heterocycles. The monoisotopic (exact) mass is 589 g/mol. The third-order valence-electron chi connectivity index (χ3n) is 9.16. The number of carbonyl (C=O) groups excluding carboxylic acids is 3. The molecule has 44 heavy (non-hydrogen) atoms. The van der Waals surface area contributed by atoms with Crippen LogP contribution >= 0.6 is 0 Å². The van der Waals surface area contributed by atoms with Crippen molar-refractivity contribution in [2.24, 2.45) is 5.41 Å². The van der Waals surface area contributed by atoms with Gasteiger partial charge in [0.05, 0.1) is 27.4 Å². The average Bonchev–Trinajstić information content (AvgIpc) is 3.49. The third-order valence-corrected chi connectivity index (χ3v) is 9.16. The van der Waals surface area contributed by atoms with Crippen LogP contribution in [0, 0.1) is 11.2 Å². The molecule has 1 fully saturated rings. The second kappa shape index (κ2) is 10.2. The molecule has 7 nitrogen and oxygen atoms in total. The minimum absolute atomic E-state index is 0.308. The Labute approximate surface area is 253 Å². The lowest BCUT2D eigenvalue weighted by Crippen LogP contribution is -2.48. The summed E-state index contributed by atoms with van der Waals surface area (Å²) in [6.07, 6.45) is 3.48. The van der Waals surface area contributed by atoms with Gasteiger partial charge in [-0.3, -0.25) is 14.4 Å². The number of rotatable bonds is 6. The van der Waals surface area contributed by atoms with Crippen LogP contribution in [0.3, 0.4) is 0 Å². The summed E-state index contributed by atoms with van der Waals surface area (Å²) in [6.45, 7) is 0. The zero-order valence-electron chi connectivity index (χ0n) is 24.2. The number of methoxy groups -OCH3 is 3. The van der Waals surface area contributed by atoms with Crippen LogP contribution in [0.15, 0.2) is 91.0 Å². The van der Waals surface area contributed by atoms with Crippen LogP contribution in [0.1, 0.15) is 48.1 Å². The lowest BCUT2D eigenvalue weighted by atomic mass is 9.64. The maximum absolute atomic E-state index is 14.9. The maximum atomic E-state index is 14.9. The van der Waals surface area contributed by atoms with Crippen LogP contribution in [0.4, 0.5) is 10.1 Å². The summed E-state index contributed by atoms with van der Waals surface area (Å²) in [5, 5.41) is 0. The molecule has 7 rings (SSSR count). The number of benzene rings is 4. The molecule has 0 radical (unpaired) electrons. The fourth-order valence-electron chi connectivity index (χ4n) is 7.31. The van der Waals surface area contributed by atoms with E-state index in [0.717, 1.165) is 0 Å². The predicted octanol–water partition coefficient (Wildman–Crippen LogP) is 6.17. The quantitative estimate of drug-likeness (QED) is 0.197. The van der Waals surface area contributed by atoms with Gasteiger partial charge in [0.15, 0.2) is 17.3 Å². The van der Waals surface area contributed by atoms with Crippen molar-refractivity contribution < 1.29 is 33.0 Å². The Kier molecular flexibility index (Phi) is 6.39. The van der Waals surface area contributed by atoms with Gasteiger partial charge >= 0.3 is 0 Å². The van der Waals surface area contributed by atoms with E-state index in [-0.39, 0.29) is 17.3 Å². The van der Waals surface area contributed by atoms with Gasteiger partial charge in [0.1, 0.15) is 34.5 Å². The summed E-state index contributed by atoms with van der Waals surface area (Å²) < 4.78 is 31.2. The van der Waals surface area contributed by atoms with Gasteiger partial charge in [-0.25, -0.2) is 4.39 Å². The van der Waals surface area contributed by atoms with Crippen LogP contribution in [-0.4, -0.2) is 50.8 Å². The average molecular weight is 590 g/mol. The second-order valence-corrected chi connectivity index (χ2v) is 11.1. The molecular weight excluding hydrogens is 561 g/mol. The summed E-state index contributed by atoms with van der Waals surface area (Å²) in [5.74, 6) is -1.13. The van der Waals surface area contributed by atoms with Crippen LogP contribution in [0.25, 0.3) is 6.08 Å². The van der Waals surface area contributed by atoms with Crippen molar-refractivity contribution in [2.45, 2.75) is 18.0 Å². The highest BCUT2D eigenvalue weighted by Crippen LogP contribution is 2.62. The van der Waals surface area contributed by atoms with Gasteiger partial charge in [-0.15, -0.1) is 0 Å². The fraction of sp³-hybridized carbons (Fsp3) is 0.194. The zero-order valence-corrected chi connectivity index (χ0v) is 24.2. The summed E-state index contributed by atoms with van der Waals surface area (Å²) in [6, 6.07) is 21.1. The summed E-state index contributed by atoms with van der Waals surface area (Å²) >= 11 is 0. The van der Waals surface area contributed by atoms with Crippen molar-refractivity contribution in [3.05, 3.63) is 125 Å². The third kappa shape index (κ3) is 3.70. The molecule has 1 aliphatic carbocycles. The van der Waals surface area contributed by atoms with Crippen LogP contribution in [0.2, 0.25) is 0 Å². The van der Waals surface area contributed by atoms with Gasteiger partial charge in [-0.1, -0.05) is 54.6 Å². The molecule has 0 amide bonds. The van der Waals surface area contributed by atoms with Crippen molar-refractivity contribution in [1.29, 1.82) is 0 Å². The first kappa shape index (κ1) is 27.6. The lowest BCUT2D eigenvalue weighted by molar-refractivity contribution is 0.0664. The van der Waals surface area contributed by atoms with Crippen molar-refractivity contribution in [1.82, 2.24) is 0 Å². The number of nitrogens with zero attached hydrogens (tertiary/aromatic N) is 1. The highest BCUT2D eigenvalue weighted by Gasteiger charge is 2.72. The van der Waals surface area contributed by atoms with E-state index in [1.807, 2.05) is 4.90 Å². The lowest BCUT2D eigenvalue weighted by Gasteiger charge is -2.37. The SMILES string of the molecule is COc1cccc(C(=O)[C@@H]2[C@@H](c3ccc(OC)cc3OC)C3(C(=O)c4ccccc4C3=O)[C@H]3C=Cc4cc(F)ccc4N23)c1. The molecule has 0 saturated carbocycles. The van der Waals surface area contributed by atoms with Crippen LogP contribution in [0.5, 0.6) is 17.2 Å². The summed E-state index contributed by atoms with van der Waals surface area (Å²) in [7, 11) is 4.54. The molecule has 0 unspecified atom stereocenters. The Balaban J connectivity index is 1.57. The van der Waals surface area contributed by atoms with Gasteiger partial charge in [0.2, 0.25) is 0 Å². The Bertz CT molecular complexity index is 1860. The summed E-state index contributed by atoms with van der Waals surface area (Å²) in [4.78, 5) is 46.4. The van der Waals surface area contributed by atoms with Gasteiger partial charge in [-0.05, 0) is 36.4 Å². The molecule has 2 heterocycles. The van der Waals surface area contributed by atoms with E-state index in [4.69, 9.17) is 14.2 Å². The number of hydrogen-bond acceptors (Lipinski definition) is 7. The fourth-order valence-corrected chi connectivity index (χ4v) is 7.31. The standard InChI is InChI=1S/C36H28FNO6/c1-42-23-8-6-7-21(18-23)33(39)32-31(27-14-13-24(43-2)19-29(27)44-3)36(34(40)25-9-4-5-10-26(25)35(36)41)30-16-11-20-17-22(37)12-15-28(20)38(30)32/h4-19,30-32H,1-3H3/t30-,31-,32+/m1/s1. The molecule has 0 aromatic heterocycles. The normalized spacial score (nSPS) is 20.7. The number of fused-ring (bicyclic) bond motifs is 5. The van der Waals surface area contributed by atoms with Crippen molar-refractivity contribution >= 4 is 29.1 Å². The van der Waals surface area contributed by atoms with Gasteiger partial charge in [-0.2, -0.15) is 0 Å². The van der Waals surface area contributed by atoms with Gasteiger partial charge in [0, 0.05) is 45.5 Å². The second-order valence-electron chi connectivity index (χ2n) is 11.1. The van der Waals surface area contributed by atoms with Crippen molar-refractivity contribution in [3.63, 3.8) is 0 Å². The molecule has 3 aliphatic rings. The molecule has 4 aromatic rings. The van der Waals surface area contributed by atoms with Gasteiger partial charge < -0.3 is 19.1 Å². The molecule has 8 heteroatoms. The minimum Gasteiger partial charge on any atom is -0.497 e. The molecule has 4 aromatic carbocycles. The van der Waals surface area contributed by atoms with E-state index in [1.54, 1.807) is 84.9 Å². The number of halogens is 1. The van der Waals surface area contributed by atoms with E-state index in [0.29, 0.717) is 50.8 Å². The highest BCUT2D eigenvalue weighted by molar-refractivity contribution is 6.32. The Morgan fingerprint density at radius 3 is 2.18 bits per heavy atom. The number of anilines is 1. The summed E-state index contributed by atoms with van der Waals surface area (Å²) in [5.41, 5.74) is 0.827. The van der Waals surface area contributed by atoms with Crippen molar-refractivity contribution in [2.75, 3.05) is 26.2 Å². The topological polar surface area (TPSA) is 82.1 Å². The Morgan fingerprint density at radius 2 is 1.50 bits per heavy atom. The number of Topliss-reactive ketones (excluding diaryl/α,β-unsaturated/α-hetero) is 3. The van der Waals surface area contributed by atoms with E-state index >= 15 is 0 Å². The highest BCUT2D eigenvalue weighted by atomic mass is 19.1. The molecule has 0 bridgehead atoms. The first-order valence-electron chi connectivity index (χ1n) is 14.2. The minimum atomic E-state index is -1.73. The van der Waals surface area contributed by atoms with E-state index < -0.39 is 29.2 Å². The smallest absolute Gasteiger partial charge is 0.186 e. The Hall–Kier alpha value is -5.24. The molecule has 0 N–H and O–H groups in total. The molecule has 2 aliphatic heterocycles. The number of ether oxygens (including phenoxy) is 3. The first-order chi connectivity index (χ1) is 21.3. The van der Waals surface area contributed by atoms with E-state index in [9.17, 15) is 18.8 Å². The zero-order chi connectivity index (χ0) is 30.7. The molecular formula is C36H28FNO6. The number of carbonyl (C=O) groups is 3. The Morgan fingerprint density at radius 1 is 0.795 bits per heavy atom. The van der Waals surface area contributed by atoms with E-state index in [2.05, 4.69) is 0 Å². The van der Waals surface area contributed by atoms with Crippen LogP contribution < -0.4 is 19.1 Å². The van der Waals surface area contributed by atoms with Gasteiger partial charge in [0.25, 0.3) is 0 Å². The van der Waals surface area contributed by atoms with E-state index in [1.165, 1.54) is 33.5 Å². The van der Waals surface area contributed by atoms with Crippen molar-refractivity contribution in [3.8, 4) is 17.2 Å². The number of ketones is 3. The van der Waals surface area contributed by atoms with Crippen LogP contribution in [-0.2, 0) is 0 Å². The molecule has 3 atom stereocenters. The maximum Gasteiger partial charge on any atom is 0.186 e. The number of hydrogen-bond donors (Lipinski definition) is 0. The predicted molar refractivity (Wildman–Crippen MR) is 163 cm³/mol. The molecule has 1 spiro atoms. The largest absolute Gasteiger partial charge is 0.497 e. The molecule has 220 valence electrons. The first-order valence-corrected chi connectivity index (χ1v) is 14.2.